The fourth-order valence-corrected chi connectivity index (χ4v) is 3.63. The van der Waals surface area contributed by atoms with Crippen molar-refractivity contribution in [3.8, 4) is 0 Å². The molecule has 2 fully saturated rings. The fourth-order valence-electron chi connectivity index (χ4n) is 3.63. The summed E-state index contributed by atoms with van der Waals surface area (Å²) in [6, 6.07) is 0.719. The second-order valence-corrected chi connectivity index (χ2v) is 6.30. The number of nitrogens with zero attached hydrogens (tertiary/aromatic N) is 2. The van der Waals surface area contributed by atoms with E-state index in [1.54, 1.807) is 0 Å². The van der Waals surface area contributed by atoms with E-state index >= 15 is 0 Å². The number of piperazine rings is 1. The monoisotopic (exact) mass is 239 g/mol. The molecule has 0 amide bonds. The average Bonchev–Trinajstić information content (AvgIpc) is 2.73. The minimum atomic E-state index is 0.574. The maximum Gasteiger partial charge on any atom is 0.0192 e. The minimum Gasteiger partial charge on any atom is -0.319 e. The predicted molar refractivity (Wildman–Crippen MR) is 73.4 cm³/mol. The van der Waals surface area contributed by atoms with Crippen molar-refractivity contribution in [2.45, 2.75) is 38.6 Å². The van der Waals surface area contributed by atoms with Gasteiger partial charge in [-0.25, -0.2) is 0 Å². The van der Waals surface area contributed by atoms with E-state index in [4.69, 9.17) is 0 Å². The van der Waals surface area contributed by atoms with Crippen molar-refractivity contribution >= 4 is 0 Å². The predicted octanol–water partition coefficient (Wildman–Crippen LogP) is 1.40. The van der Waals surface area contributed by atoms with Crippen LogP contribution in [0.15, 0.2) is 0 Å². The Morgan fingerprint density at radius 2 is 1.94 bits per heavy atom. The van der Waals surface area contributed by atoms with E-state index in [-0.39, 0.29) is 0 Å². The average molecular weight is 239 g/mol. The van der Waals surface area contributed by atoms with Gasteiger partial charge in [0.15, 0.2) is 0 Å². The first kappa shape index (κ1) is 13.3. The highest BCUT2D eigenvalue weighted by Gasteiger charge is 2.36. The van der Waals surface area contributed by atoms with Crippen molar-refractivity contribution in [1.82, 2.24) is 15.1 Å². The summed E-state index contributed by atoms with van der Waals surface area (Å²) in [5.41, 5.74) is 0.574. The molecule has 1 saturated carbocycles. The molecule has 2 aliphatic rings. The van der Waals surface area contributed by atoms with Crippen LogP contribution >= 0.6 is 0 Å². The Labute approximate surface area is 107 Å². The second kappa shape index (κ2) is 5.68. The van der Waals surface area contributed by atoms with Crippen LogP contribution in [0, 0.1) is 5.41 Å². The van der Waals surface area contributed by atoms with E-state index in [1.807, 2.05) is 0 Å². The zero-order valence-corrected chi connectivity index (χ0v) is 11.8. The van der Waals surface area contributed by atoms with Gasteiger partial charge >= 0.3 is 0 Å². The summed E-state index contributed by atoms with van der Waals surface area (Å²) < 4.78 is 0. The number of likely N-dealkylation sites (N-methyl/N-ethyl adjacent to an activating group) is 1. The van der Waals surface area contributed by atoms with Crippen molar-refractivity contribution in [2.75, 3.05) is 46.8 Å². The van der Waals surface area contributed by atoms with Gasteiger partial charge in [-0.05, 0) is 39.3 Å². The van der Waals surface area contributed by atoms with Crippen molar-refractivity contribution in [3.63, 3.8) is 0 Å². The van der Waals surface area contributed by atoms with Crippen molar-refractivity contribution in [3.05, 3.63) is 0 Å². The first-order chi connectivity index (χ1) is 8.15. The van der Waals surface area contributed by atoms with Crippen LogP contribution in [0.2, 0.25) is 0 Å². The van der Waals surface area contributed by atoms with Gasteiger partial charge in [0.1, 0.15) is 0 Å². The number of hydrogen-bond acceptors (Lipinski definition) is 3. The second-order valence-electron chi connectivity index (χ2n) is 6.30. The molecule has 1 aliphatic heterocycles. The quantitative estimate of drug-likeness (QED) is 0.800. The van der Waals surface area contributed by atoms with Gasteiger partial charge < -0.3 is 10.2 Å². The molecule has 0 spiro atoms. The summed E-state index contributed by atoms with van der Waals surface area (Å²) in [5, 5.41) is 3.42. The Morgan fingerprint density at radius 3 is 2.53 bits per heavy atom. The van der Waals surface area contributed by atoms with Crippen molar-refractivity contribution in [2.24, 2.45) is 5.41 Å². The first-order valence-electron chi connectivity index (χ1n) is 7.22. The molecule has 3 nitrogen and oxygen atoms in total. The minimum absolute atomic E-state index is 0.574. The van der Waals surface area contributed by atoms with Gasteiger partial charge in [0.2, 0.25) is 0 Å². The summed E-state index contributed by atoms with van der Waals surface area (Å²) in [5.74, 6) is 0. The topological polar surface area (TPSA) is 18.5 Å². The molecule has 1 aliphatic carbocycles. The normalized spacial score (nSPS) is 30.9. The van der Waals surface area contributed by atoms with Gasteiger partial charge in [-0.15, -0.1) is 0 Å². The van der Waals surface area contributed by atoms with E-state index in [1.165, 1.54) is 58.4 Å². The third-order valence-corrected chi connectivity index (χ3v) is 4.82. The molecule has 3 heteroatoms. The lowest BCUT2D eigenvalue weighted by Gasteiger charge is -2.42. The highest BCUT2D eigenvalue weighted by Crippen LogP contribution is 2.38. The summed E-state index contributed by atoms with van der Waals surface area (Å²) in [6.07, 6.45) is 5.72. The fraction of sp³-hybridized carbons (Fsp3) is 1.00. The van der Waals surface area contributed by atoms with E-state index in [2.05, 4.69) is 36.1 Å². The highest BCUT2D eigenvalue weighted by molar-refractivity contribution is 4.91. The van der Waals surface area contributed by atoms with Crippen LogP contribution in [0.4, 0.5) is 0 Å². The third-order valence-electron chi connectivity index (χ3n) is 4.82. The molecule has 1 heterocycles. The maximum absolute atomic E-state index is 3.42. The van der Waals surface area contributed by atoms with Crippen LogP contribution in [0.5, 0.6) is 0 Å². The lowest BCUT2D eigenvalue weighted by atomic mass is 9.85. The summed E-state index contributed by atoms with van der Waals surface area (Å²) in [6.45, 7) is 8.61. The third kappa shape index (κ3) is 3.21. The van der Waals surface area contributed by atoms with Crippen LogP contribution in [-0.2, 0) is 0 Å². The summed E-state index contributed by atoms with van der Waals surface area (Å²) >= 11 is 0. The van der Waals surface area contributed by atoms with E-state index < -0.39 is 0 Å². The molecule has 1 atom stereocenters. The molecular formula is C14H29N3. The SMILES string of the molecule is CNCC1(CN2CCN(C)C(C)C2)CCCC1. The van der Waals surface area contributed by atoms with E-state index in [0.29, 0.717) is 5.41 Å². The number of rotatable bonds is 4. The Morgan fingerprint density at radius 1 is 1.24 bits per heavy atom. The van der Waals surface area contributed by atoms with Gasteiger partial charge in [-0.2, -0.15) is 0 Å². The van der Waals surface area contributed by atoms with Crippen molar-refractivity contribution in [1.29, 1.82) is 0 Å². The lowest BCUT2D eigenvalue weighted by molar-refractivity contribution is 0.0660. The van der Waals surface area contributed by atoms with Gasteiger partial charge in [0.25, 0.3) is 0 Å². The number of nitrogens with one attached hydrogen (secondary N) is 1. The molecule has 0 radical (unpaired) electrons. The van der Waals surface area contributed by atoms with Crippen LogP contribution in [0.25, 0.3) is 0 Å². The zero-order chi connectivity index (χ0) is 12.3. The molecule has 1 N–H and O–H groups in total. The Hall–Kier alpha value is -0.120. The Balaban J connectivity index is 1.90. The van der Waals surface area contributed by atoms with Crippen LogP contribution in [0.3, 0.4) is 0 Å². The molecule has 17 heavy (non-hydrogen) atoms. The van der Waals surface area contributed by atoms with E-state index in [0.717, 1.165) is 6.04 Å². The van der Waals surface area contributed by atoms with Crippen LogP contribution in [-0.4, -0.2) is 62.7 Å². The van der Waals surface area contributed by atoms with Crippen LogP contribution < -0.4 is 5.32 Å². The summed E-state index contributed by atoms with van der Waals surface area (Å²) in [4.78, 5) is 5.18. The van der Waals surface area contributed by atoms with Gasteiger partial charge in [0.05, 0.1) is 0 Å². The standard InChI is InChI=1S/C14H29N3/c1-13-10-17(9-8-16(13)3)12-14(11-15-2)6-4-5-7-14/h13,15H,4-12H2,1-3H3. The Kier molecular flexibility index (Phi) is 4.45. The molecular weight excluding hydrogens is 210 g/mol. The maximum atomic E-state index is 3.42. The molecule has 0 aromatic carbocycles. The van der Waals surface area contributed by atoms with Gasteiger partial charge in [-0.3, -0.25) is 4.90 Å². The summed E-state index contributed by atoms with van der Waals surface area (Å²) in [7, 11) is 4.35. The molecule has 100 valence electrons. The molecule has 1 saturated heterocycles. The smallest absolute Gasteiger partial charge is 0.0192 e. The highest BCUT2D eigenvalue weighted by atomic mass is 15.3. The first-order valence-corrected chi connectivity index (χ1v) is 7.22. The largest absolute Gasteiger partial charge is 0.319 e. The zero-order valence-electron chi connectivity index (χ0n) is 11.8. The molecule has 0 aromatic rings. The lowest BCUT2D eigenvalue weighted by Crippen LogP contribution is -2.53. The van der Waals surface area contributed by atoms with Gasteiger partial charge in [0, 0.05) is 38.8 Å². The molecule has 0 bridgehead atoms. The number of hydrogen-bond donors (Lipinski definition) is 1. The molecule has 2 rings (SSSR count). The van der Waals surface area contributed by atoms with Crippen LogP contribution in [0.1, 0.15) is 32.6 Å². The van der Waals surface area contributed by atoms with Gasteiger partial charge in [-0.1, -0.05) is 12.8 Å². The molecule has 1 unspecified atom stereocenters. The van der Waals surface area contributed by atoms with Crippen molar-refractivity contribution < 1.29 is 0 Å². The molecule has 0 aromatic heterocycles. The Bertz CT molecular complexity index is 236. The van der Waals surface area contributed by atoms with E-state index in [9.17, 15) is 0 Å².